The summed E-state index contributed by atoms with van der Waals surface area (Å²) < 4.78 is 32.0. The van der Waals surface area contributed by atoms with Gasteiger partial charge in [0.05, 0.1) is 11.5 Å². The first-order valence-corrected chi connectivity index (χ1v) is 9.72. The van der Waals surface area contributed by atoms with Crippen LogP contribution in [0.2, 0.25) is 0 Å². The molecule has 0 spiro atoms. The second-order valence-electron chi connectivity index (χ2n) is 6.31. The molecule has 2 rings (SSSR count). The van der Waals surface area contributed by atoms with Crippen LogP contribution in [-0.4, -0.2) is 51.0 Å². The van der Waals surface area contributed by atoms with E-state index in [1.165, 1.54) is 12.1 Å². The molecule has 1 fully saturated rings. The Morgan fingerprint density at radius 2 is 2.00 bits per heavy atom. The Hall–Kier alpha value is -1.44. The monoisotopic (exact) mass is 354 g/mol. The molecular weight excluding hydrogens is 328 g/mol. The van der Waals surface area contributed by atoms with Gasteiger partial charge in [0, 0.05) is 31.3 Å². The standard InChI is InChI=1S/C17H26N2O4S/c1-13(12-23-3)18-17(20)15-7-9-16(10-8-15)24(21,22)19-11-5-4-6-14(19)2/h7-10,13-14H,4-6,11-12H2,1-3H3,(H,18,20). The molecule has 7 heteroatoms. The number of amides is 1. The van der Waals surface area contributed by atoms with Crippen molar-refractivity contribution in [1.29, 1.82) is 0 Å². The third-order valence-corrected chi connectivity index (χ3v) is 6.29. The van der Waals surface area contributed by atoms with Gasteiger partial charge in [0.2, 0.25) is 10.0 Å². The van der Waals surface area contributed by atoms with Crippen molar-refractivity contribution < 1.29 is 17.9 Å². The molecular formula is C17H26N2O4S. The lowest BCUT2D eigenvalue weighted by Crippen LogP contribution is -2.41. The van der Waals surface area contributed by atoms with E-state index < -0.39 is 10.0 Å². The maximum absolute atomic E-state index is 12.8. The zero-order valence-corrected chi connectivity index (χ0v) is 15.3. The van der Waals surface area contributed by atoms with E-state index in [0.29, 0.717) is 18.7 Å². The quantitative estimate of drug-likeness (QED) is 0.848. The molecule has 1 amide bonds. The van der Waals surface area contributed by atoms with Crippen LogP contribution >= 0.6 is 0 Å². The number of ether oxygens (including phenoxy) is 1. The molecule has 0 aromatic heterocycles. The van der Waals surface area contributed by atoms with Crippen molar-refractivity contribution in [2.45, 2.75) is 50.1 Å². The van der Waals surface area contributed by atoms with Gasteiger partial charge in [-0.3, -0.25) is 4.79 Å². The fourth-order valence-electron chi connectivity index (χ4n) is 2.94. The van der Waals surface area contributed by atoms with Crippen LogP contribution in [0.4, 0.5) is 0 Å². The predicted molar refractivity (Wildman–Crippen MR) is 92.5 cm³/mol. The van der Waals surface area contributed by atoms with Crippen molar-refractivity contribution in [2.24, 2.45) is 0 Å². The van der Waals surface area contributed by atoms with Crippen LogP contribution in [-0.2, 0) is 14.8 Å². The summed E-state index contributed by atoms with van der Waals surface area (Å²) in [6.45, 7) is 4.76. The Balaban J connectivity index is 2.12. The molecule has 0 radical (unpaired) electrons. The van der Waals surface area contributed by atoms with Crippen molar-refractivity contribution in [3.63, 3.8) is 0 Å². The summed E-state index contributed by atoms with van der Waals surface area (Å²) in [7, 11) is -1.93. The van der Waals surface area contributed by atoms with E-state index in [4.69, 9.17) is 4.74 Å². The number of benzene rings is 1. The number of methoxy groups -OCH3 is 1. The summed E-state index contributed by atoms with van der Waals surface area (Å²) in [5.41, 5.74) is 0.434. The van der Waals surface area contributed by atoms with Gasteiger partial charge < -0.3 is 10.1 Å². The van der Waals surface area contributed by atoms with Crippen LogP contribution < -0.4 is 5.32 Å². The molecule has 1 aromatic carbocycles. The number of piperidine rings is 1. The van der Waals surface area contributed by atoms with Gasteiger partial charge >= 0.3 is 0 Å². The molecule has 1 aromatic rings. The van der Waals surface area contributed by atoms with E-state index >= 15 is 0 Å². The Labute approximate surface area is 144 Å². The van der Waals surface area contributed by atoms with Gasteiger partial charge in [0.25, 0.3) is 5.91 Å². The first kappa shape index (κ1) is 18.9. The van der Waals surface area contributed by atoms with Crippen molar-refractivity contribution in [1.82, 2.24) is 9.62 Å². The summed E-state index contributed by atoms with van der Waals surface area (Å²) in [5, 5.41) is 2.80. The van der Waals surface area contributed by atoms with Gasteiger partial charge in [-0.25, -0.2) is 8.42 Å². The Morgan fingerprint density at radius 3 is 2.58 bits per heavy atom. The molecule has 1 N–H and O–H groups in total. The molecule has 2 atom stereocenters. The lowest BCUT2D eigenvalue weighted by molar-refractivity contribution is 0.0905. The third-order valence-electron chi connectivity index (χ3n) is 4.26. The number of hydrogen-bond acceptors (Lipinski definition) is 4. The van der Waals surface area contributed by atoms with Crippen LogP contribution in [0.25, 0.3) is 0 Å². The van der Waals surface area contributed by atoms with Gasteiger partial charge in [-0.15, -0.1) is 0 Å². The van der Waals surface area contributed by atoms with Crippen LogP contribution in [0.15, 0.2) is 29.2 Å². The highest BCUT2D eigenvalue weighted by Gasteiger charge is 2.30. The minimum atomic E-state index is -3.50. The molecule has 2 unspecified atom stereocenters. The average Bonchev–Trinajstić information content (AvgIpc) is 2.55. The van der Waals surface area contributed by atoms with Crippen LogP contribution in [0, 0.1) is 0 Å². The summed E-state index contributed by atoms with van der Waals surface area (Å²) in [6.07, 6.45) is 2.84. The molecule has 1 saturated heterocycles. The molecule has 24 heavy (non-hydrogen) atoms. The SMILES string of the molecule is COCC(C)NC(=O)c1ccc(S(=O)(=O)N2CCCCC2C)cc1. The Morgan fingerprint density at radius 1 is 1.33 bits per heavy atom. The van der Waals surface area contributed by atoms with E-state index in [2.05, 4.69) is 5.32 Å². The Kier molecular flexibility index (Phi) is 6.37. The van der Waals surface area contributed by atoms with E-state index in [1.807, 2.05) is 13.8 Å². The lowest BCUT2D eigenvalue weighted by atomic mass is 10.1. The van der Waals surface area contributed by atoms with E-state index in [-0.39, 0.29) is 22.9 Å². The average molecular weight is 354 g/mol. The van der Waals surface area contributed by atoms with Gasteiger partial charge in [-0.2, -0.15) is 4.31 Å². The van der Waals surface area contributed by atoms with Crippen molar-refractivity contribution >= 4 is 15.9 Å². The summed E-state index contributed by atoms with van der Waals surface area (Å²) in [5.74, 6) is -0.241. The second kappa shape index (κ2) is 8.09. The summed E-state index contributed by atoms with van der Waals surface area (Å²) in [6, 6.07) is 6.02. The minimum Gasteiger partial charge on any atom is -0.383 e. The first-order chi connectivity index (χ1) is 11.4. The zero-order chi connectivity index (χ0) is 17.7. The molecule has 1 aliphatic rings. The molecule has 1 aliphatic heterocycles. The van der Waals surface area contributed by atoms with Crippen LogP contribution in [0.1, 0.15) is 43.5 Å². The fourth-order valence-corrected chi connectivity index (χ4v) is 4.64. The minimum absolute atomic E-state index is 0.0154. The van der Waals surface area contributed by atoms with Crippen molar-refractivity contribution in [2.75, 3.05) is 20.3 Å². The number of nitrogens with one attached hydrogen (secondary N) is 1. The second-order valence-corrected chi connectivity index (χ2v) is 8.21. The van der Waals surface area contributed by atoms with E-state index in [9.17, 15) is 13.2 Å². The number of nitrogens with zero attached hydrogens (tertiary/aromatic N) is 1. The van der Waals surface area contributed by atoms with E-state index in [1.54, 1.807) is 23.5 Å². The maximum Gasteiger partial charge on any atom is 0.251 e. The normalized spacial score (nSPS) is 20.5. The van der Waals surface area contributed by atoms with Gasteiger partial charge in [-0.05, 0) is 51.0 Å². The molecule has 6 nitrogen and oxygen atoms in total. The fraction of sp³-hybridized carbons (Fsp3) is 0.588. The summed E-state index contributed by atoms with van der Waals surface area (Å²) in [4.78, 5) is 12.4. The molecule has 0 aliphatic carbocycles. The smallest absolute Gasteiger partial charge is 0.251 e. The van der Waals surface area contributed by atoms with Crippen LogP contribution in [0.5, 0.6) is 0 Å². The van der Waals surface area contributed by atoms with Crippen molar-refractivity contribution in [3.8, 4) is 0 Å². The molecule has 0 bridgehead atoms. The van der Waals surface area contributed by atoms with Gasteiger partial charge in [0.1, 0.15) is 0 Å². The molecule has 0 saturated carbocycles. The number of carbonyl (C=O) groups is 1. The maximum atomic E-state index is 12.8. The molecule has 134 valence electrons. The van der Waals surface area contributed by atoms with Gasteiger partial charge in [0.15, 0.2) is 0 Å². The van der Waals surface area contributed by atoms with Gasteiger partial charge in [-0.1, -0.05) is 6.42 Å². The van der Waals surface area contributed by atoms with Crippen LogP contribution in [0.3, 0.4) is 0 Å². The highest BCUT2D eigenvalue weighted by atomic mass is 32.2. The lowest BCUT2D eigenvalue weighted by Gasteiger charge is -2.32. The highest BCUT2D eigenvalue weighted by Crippen LogP contribution is 2.25. The number of rotatable bonds is 6. The van der Waals surface area contributed by atoms with E-state index in [0.717, 1.165) is 19.3 Å². The highest BCUT2D eigenvalue weighted by molar-refractivity contribution is 7.89. The third kappa shape index (κ3) is 4.34. The summed E-state index contributed by atoms with van der Waals surface area (Å²) >= 11 is 0. The first-order valence-electron chi connectivity index (χ1n) is 8.28. The Bertz CT molecular complexity index is 658. The number of sulfonamides is 1. The molecule has 1 heterocycles. The topological polar surface area (TPSA) is 75.7 Å². The zero-order valence-electron chi connectivity index (χ0n) is 14.5. The predicted octanol–water partition coefficient (Wildman–Crippen LogP) is 2.01. The van der Waals surface area contributed by atoms with Crippen molar-refractivity contribution in [3.05, 3.63) is 29.8 Å². The largest absolute Gasteiger partial charge is 0.383 e. The number of carbonyl (C=O) groups excluding carboxylic acids is 1. The number of hydrogen-bond donors (Lipinski definition) is 1.